The SMILES string of the molecule is CCNCc1cccc(CS(=O)(=O)N(C)C2CCSC2)c1. The Morgan fingerprint density at radius 3 is 2.81 bits per heavy atom. The molecule has 1 aliphatic heterocycles. The lowest BCUT2D eigenvalue weighted by Gasteiger charge is -2.23. The van der Waals surface area contributed by atoms with Gasteiger partial charge in [0.1, 0.15) is 0 Å². The predicted molar refractivity (Wildman–Crippen MR) is 89.9 cm³/mol. The molecule has 118 valence electrons. The van der Waals surface area contributed by atoms with Crippen molar-refractivity contribution < 1.29 is 8.42 Å². The van der Waals surface area contributed by atoms with E-state index >= 15 is 0 Å². The molecule has 4 nitrogen and oxygen atoms in total. The van der Waals surface area contributed by atoms with Gasteiger partial charge in [-0.25, -0.2) is 12.7 Å². The molecule has 0 bridgehead atoms. The van der Waals surface area contributed by atoms with Crippen LogP contribution in [0.5, 0.6) is 0 Å². The van der Waals surface area contributed by atoms with Gasteiger partial charge in [0.25, 0.3) is 0 Å². The van der Waals surface area contributed by atoms with E-state index in [2.05, 4.69) is 12.2 Å². The monoisotopic (exact) mass is 328 g/mol. The average molecular weight is 329 g/mol. The van der Waals surface area contributed by atoms with Crippen molar-refractivity contribution in [2.24, 2.45) is 0 Å². The molecule has 1 atom stereocenters. The highest BCUT2D eigenvalue weighted by molar-refractivity contribution is 7.99. The molecule has 0 spiro atoms. The quantitative estimate of drug-likeness (QED) is 0.832. The topological polar surface area (TPSA) is 49.4 Å². The first-order valence-electron chi connectivity index (χ1n) is 7.35. The minimum Gasteiger partial charge on any atom is -0.313 e. The number of hydrogen-bond acceptors (Lipinski definition) is 4. The largest absolute Gasteiger partial charge is 0.313 e. The summed E-state index contributed by atoms with van der Waals surface area (Å²) in [5, 5.41) is 3.26. The Kier molecular flexibility index (Phi) is 6.10. The molecular weight excluding hydrogens is 304 g/mol. The van der Waals surface area contributed by atoms with E-state index in [4.69, 9.17) is 0 Å². The van der Waals surface area contributed by atoms with Crippen LogP contribution in [0.15, 0.2) is 24.3 Å². The zero-order chi connectivity index (χ0) is 15.3. The molecule has 0 radical (unpaired) electrons. The van der Waals surface area contributed by atoms with Gasteiger partial charge >= 0.3 is 0 Å². The van der Waals surface area contributed by atoms with Crippen LogP contribution in [0.3, 0.4) is 0 Å². The standard InChI is InChI=1S/C15H24N2O2S2/c1-3-16-10-13-5-4-6-14(9-13)12-21(18,19)17(2)15-7-8-20-11-15/h4-6,9,15-16H,3,7-8,10-12H2,1-2H3. The van der Waals surface area contributed by atoms with Crippen molar-refractivity contribution in [3.8, 4) is 0 Å². The number of hydrogen-bond donors (Lipinski definition) is 1. The highest BCUT2D eigenvalue weighted by Gasteiger charge is 2.29. The minimum absolute atomic E-state index is 0.0879. The smallest absolute Gasteiger partial charge is 0.218 e. The second-order valence-electron chi connectivity index (χ2n) is 5.39. The molecule has 0 saturated carbocycles. The Morgan fingerprint density at radius 1 is 1.38 bits per heavy atom. The Morgan fingerprint density at radius 2 is 2.14 bits per heavy atom. The molecule has 21 heavy (non-hydrogen) atoms. The second kappa shape index (κ2) is 7.63. The van der Waals surface area contributed by atoms with Crippen molar-refractivity contribution in [2.45, 2.75) is 31.7 Å². The van der Waals surface area contributed by atoms with E-state index in [-0.39, 0.29) is 11.8 Å². The van der Waals surface area contributed by atoms with Gasteiger partial charge in [0.2, 0.25) is 10.0 Å². The van der Waals surface area contributed by atoms with Crippen molar-refractivity contribution in [3.63, 3.8) is 0 Å². The average Bonchev–Trinajstić information content (AvgIpc) is 2.98. The zero-order valence-corrected chi connectivity index (χ0v) is 14.3. The van der Waals surface area contributed by atoms with Crippen LogP contribution in [0, 0.1) is 0 Å². The second-order valence-corrected chi connectivity index (χ2v) is 8.57. The lowest BCUT2D eigenvalue weighted by atomic mass is 10.1. The van der Waals surface area contributed by atoms with Gasteiger partial charge in [-0.3, -0.25) is 0 Å². The number of sulfonamides is 1. The first kappa shape index (κ1) is 16.8. The van der Waals surface area contributed by atoms with E-state index in [1.165, 1.54) is 0 Å². The molecule has 1 fully saturated rings. The Bertz CT molecular complexity index is 555. The molecule has 1 N–H and O–H groups in total. The molecule has 2 rings (SSSR count). The van der Waals surface area contributed by atoms with Gasteiger partial charge in [0.15, 0.2) is 0 Å². The van der Waals surface area contributed by atoms with Crippen LogP contribution >= 0.6 is 11.8 Å². The van der Waals surface area contributed by atoms with Crippen LogP contribution in [0.4, 0.5) is 0 Å². The van der Waals surface area contributed by atoms with Crippen LogP contribution in [-0.2, 0) is 22.3 Å². The maximum Gasteiger partial charge on any atom is 0.218 e. The molecule has 0 aliphatic carbocycles. The summed E-state index contributed by atoms with van der Waals surface area (Å²) in [5.74, 6) is 2.06. The van der Waals surface area contributed by atoms with E-state index in [9.17, 15) is 8.42 Å². The van der Waals surface area contributed by atoms with Gasteiger partial charge in [0, 0.05) is 25.4 Å². The predicted octanol–water partition coefficient (Wildman–Crippen LogP) is 2.06. The summed E-state index contributed by atoms with van der Waals surface area (Å²) >= 11 is 1.83. The van der Waals surface area contributed by atoms with Crippen molar-refractivity contribution in [1.29, 1.82) is 0 Å². The number of rotatable bonds is 7. The third kappa shape index (κ3) is 4.71. The molecule has 1 aromatic carbocycles. The van der Waals surface area contributed by atoms with E-state index in [0.717, 1.165) is 42.1 Å². The van der Waals surface area contributed by atoms with Crippen molar-refractivity contribution in [1.82, 2.24) is 9.62 Å². The fourth-order valence-corrected chi connectivity index (χ4v) is 5.25. The molecule has 0 amide bonds. The zero-order valence-electron chi connectivity index (χ0n) is 12.7. The Balaban J connectivity index is 2.05. The van der Waals surface area contributed by atoms with Crippen molar-refractivity contribution >= 4 is 21.8 Å². The van der Waals surface area contributed by atoms with E-state index in [1.807, 2.05) is 36.0 Å². The highest BCUT2D eigenvalue weighted by Crippen LogP contribution is 2.24. The van der Waals surface area contributed by atoms with Crippen molar-refractivity contribution in [2.75, 3.05) is 25.1 Å². The molecule has 1 saturated heterocycles. The van der Waals surface area contributed by atoms with Gasteiger partial charge < -0.3 is 5.32 Å². The van der Waals surface area contributed by atoms with Crippen LogP contribution in [0.25, 0.3) is 0 Å². The van der Waals surface area contributed by atoms with Gasteiger partial charge in [-0.05, 0) is 29.8 Å². The molecule has 6 heteroatoms. The minimum atomic E-state index is -3.23. The number of nitrogens with zero attached hydrogens (tertiary/aromatic N) is 1. The lowest BCUT2D eigenvalue weighted by Crippen LogP contribution is -2.37. The van der Waals surface area contributed by atoms with E-state index in [1.54, 1.807) is 11.4 Å². The summed E-state index contributed by atoms with van der Waals surface area (Å²) in [4.78, 5) is 0. The van der Waals surface area contributed by atoms with Crippen LogP contribution < -0.4 is 5.32 Å². The summed E-state index contributed by atoms with van der Waals surface area (Å²) in [5.41, 5.74) is 1.99. The van der Waals surface area contributed by atoms with Gasteiger partial charge in [-0.2, -0.15) is 11.8 Å². The van der Waals surface area contributed by atoms with Crippen LogP contribution in [0.2, 0.25) is 0 Å². The van der Waals surface area contributed by atoms with E-state index < -0.39 is 10.0 Å². The third-order valence-electron chi connectivity index (χ3n) is 3.78. The summed E-state index contributed by atoms with van der Waals surface area (Å²) < 4.78 is 26.6. The summed E-state index contributed by atoms with van der Waals surface area (Å²) in [6, 6.07) is 7.99. The van der Waals surface area contributed by atoms with Crippen LogP contribution in [0.1, 0.15) is 24.5 Å². The van der Waals surface area contributed by atoms with Crippen LogP contribution in [-0.4, -0.2) is 43.9 Å². The van der Waals surface area contributed by atoms with E-state index in [0.29, 0.717) is 0 Å². The molecular formula is C15H24N2O2S2. The van der Waals surface area contributed by atoms with Crippen molar-refractivity contribution in [3.05, 3.63) is 35.4 Å². The number of nitrogens with one attached hydrogen (secondary N) is 1. The molecule has 0 aromatic heterocycles. The maximum atomic E-state index is 12.5. The fraction of sp³-hybridized carbons (Fsp3) is 0.600. The summed E-state index contributed by atoms with van der Waals surface area (Å²) in [6.07, 6.45) is 0.959. The maximum absolute atomic E-state index is 12.5. The van der Waals surface area contributed by atoms with Gasteiger partial charge in [-0.15, -0.1) is 0 Å². The first-order chi connectivity index (χ1) is 10.0. The molecule has 1 aliphatic rings. The van der Waals surface area contributed by atoms with Gasteiger partial charge in [0.05, 0.1) is 5.75 Å². The number of thioether (sulfide) groups is 1. The van der Waals surface area contributed by atoms with Gasteiger partial charge in [-0.1, -0.05) is 31.2 Å². The normalized spacial score (nSPS) is 19.3. The Hall–Kier alpha value is -0.560. The summed E-state index contributed by atoms with van der Waals surface area (Å²) in [6.45, 7) is 3.74. The summed E-state index contributed by atoms with van der Waals surface area (Å²) in [7, 11) is -1.52. The number of benzene rings is 1. The highest BCUT2D eigenvalue weighted by atomic mass is 32.2. The Labute approximate surface area is 132 Å². The molecule has 1 heterocycles. The molecule has 1 unspecified atom stereocenters. The lowest BCUT2D eigenvalue weighted by molar-refractivity contribution is 0.394. The fourth-order valence-electron chi connectivity index (χ4n) is 2.45. The first-order valence-corrected chi connectivity index (χ1v) is 10.1. The third-order valence-corrected chi connectivity index (χ3v) is 6.80. The molecule has 1 aromatic rings.